The molecule has 1 rings (SSSR count). The van der Waals surface area contributed by atoms with E-state index in [-0.39, 0.29) is 19.1 Å². The summed E-state index contributed by atoms with van der Waals surface area (Å²) in [6.45, 7) is 4.49. The van der Waals surface area contributed by atoms with Gasteiger partial charge in [0.1, 0.15) is 12.3 Å². The minimum atomic E-state index is -0.353. The summed E-state index contributed by atoms with van der Waals surface area (Å²) in [4.78, 5) is 11.4. The molecule has 0 aliphatic rings. The van der Waals surface area contributed by atoms with Crippen LogP contribution in [0.25, 0.3) is 0 Å². The first-order valence-corrected chi connectivity index (χ1v) is 6.69. The summed E-state index contributed by atoms with van der Waals surface area (Å²) in [7, 11) is 0. The summed E-state index contributed by atoms with van der Waals surface area (Å²) < 4.78 is 5.47. The Morgan fingerprint density at radius 2 is 2.25 bits per heavy atom. The monoisotopic (exact) mass is 295 g/mol. The summed E-state index contributed by atoms with van der Waals surface area (Å²) in [6.07, 6.45) is 0. The molecule has 1 aromatic rings. The van der Waals surface area contributed by atoms with E-state index in [4.69, 9.17) is 21.6 Å². The number of rotatable bonds is 7. The highest BCUT2D eigenvalue weighted by atomic mass is 35.5. The number of hydrogen-bond acceptors (Lipinski definition) is 4. The van der Waals surface area contributed by atoms with Crippen LogP contribution in [0.15, 0.2) is 18.2 Å². The highest BCUT2D eigenvalue weighted by molar-refractivity contribution is 6.32. The van der Waals surface area contributed by atoms with E-state index in [0.717, 1.165) is 5.56 Å². The van der Waals surface area contributed by atoms with Gasteiger partial charge in [-0.15, -0.1) is 0 Å². The summed E-state index contributed by atoms with van der Waals surface area (Å²) in [5.41, 5.74) is 0.888. The van der Waals surface area contributed by atoms with Gasteiger partial charge in [0.05, 0.1) is 11.1 Å². The molecule has 0 radical (unpaired) electrons. The number of benzene rings is 1. The number of amides is 1. The van der Waals surface area contributed by atoms with Crippen LogP contribution in [0.3, 0.4) is 0 Å². The average molecular weight is 296 g/mol. The zero-order valence-corrected chi connectivity index (χ0v) is 12.3. The molecule has 2 N–H and O–H groups in total. The van der Waals surface area contributed by atoms with E-state index in [0.29, 0.717) is 23.4 Å². The summed E-state index contributed by atoms with van der Waals surface area (Å²) in [5, 5.41) is 14.5. The van der Waals surface area contributed by atoms with Gasteiger partial charge in [-0.05, 0) is 6.07 Å². The Morgan fingerprint density at radius 3 is 2.90 bits per heavy atom. The van der Waals surface area contributed by atoms with Crippen LogP contribution in [0.5, 0.6) is 5.75 Å². The predicted octanol–water partition coefficient (Wildman–Crippen LogP) is 1.86. The molecule has 5 nitrogen and oxygen atoms in total. The van der Waals surface area contributed by atoms with Crippen molar-refractivity contribution < 1.29 is 9.53 Å². The van der Waals surface area contributed by atoms with Crippen LogP contribution >= 0.6 is 11.6 Å². The van der Waals surface area contributed by atoms with Crippen molar-refractivity contribution in [2.75, 3.05) is 13.2 Å². The zero-order valence-electron chi connectivity index (χ0n) is 11.6. The predicted molar refractivity (Wildman–Crippen MR) is 77.5 cm³/mol. The van der Waals surface area contributed by atoms with Gasteiger partial charge in [-0.25, -0.2) is 0 Å². The number of carbonyl (C=O) groups is 1. The molecule has 0 aromatic heterocycles. The minimum absolute atomic E-state index is 0.0352. The fraction of sp³-hybridized carbons (Fsp3) is 0.429. The van der Waals surface area contributed by atoms with Crippen LogP contribution in [0, 0.1) is 11.3 Å². The fourth-order valence-corrected chi connectivity index (χ4v) is 1.74. The topological polar surface area (TPSA) is 74.2 Å². The largest absolute Gasteiger partial charge is 0.482 e. The van der Waals surface area contributed by atoms with Gasteiger partial charge >= 0.3 is 0 Å². The van der Waals surface area contributed by atoms with E-state index in [1.165, 1.54) is 0 Å². The van der Waals surface area contributed by atoms with Gasteiger partial charge in [-0.3, -0.25) is 4.79 Å². The quantitative estimate of drug-likeness (QED) is 0.753. The maximum atomic E-state index is 11.4. The van der Waals surface area contributed by atoms with Crippen LogP contribution in [0.4, 0.5) is 0 Å². The molecule has 20 heavy (non-hydrogen) atoms. The van der Waals surface area contributed by atoms with Crippen LogP contribution in [-0.2, 0) is 11.3 Å². The molecule has 0 heterocycles. The number of para-hydroxylation sites is 1. The number of halogens is 1. The third kappa shape index (κ3) is 5.47. The first-order valence-electron chi connectivity index (χ1n) is 6.31. The molecule has 1 amide bonds. The van der Waals surface area contributed by atoms with Crippen LogP contribution in [0.1, 0.15) is 19.4 Å². The second kappa shape index (κ2) is 8.41. The Kier molecular flexibility index (Phi) is 6.85. The van der Waals surface area contributed by atoms with Gasteiger partial charge in [-0.1, -0.05) is 37.6 Å². The Labute approximate surface area is 123 Å². The maximum Gasteiger partial charge on any atom is 0.258 e. The number of hydrogen-bond donors (Lipinski definition) is 2. The second-order valence-corrected chi connectivity index (χ2v) is 4.89. The van der Waals surface area contributed by atoms with Crippen molar-refractivity contribution in [2.24, 2.45) is 0 Å². The second-order valence-electron chi connectivity index (χ2n) is 4.49. The molecular weight excluding hydrogens is 278 g/mol. The maximum absolute atomic E-state index is 11.4. The molecule has 108 valence electrons. The lowest BCUT2D eigenvalue weighted by Crippen LogP contribution is -2.29. The molecule has 0 saturated heterocycles. The van der Waals surface area contributed by atoms with Gasteiger partial charge in [-0.2, -0.15) is 5.26 Å². The van der Waals surface area contributed by atoms with Crippen molar-refractivity contribution in [1.29, 1.82) is 5.26 Å². The smallest absolute Gasteiger partial charge is 0.258 e. The standard InChI is InChI=1S/C14H18ClN3O2/c1-10(2)18-8-11-4-3-5-12(15)14(11)20-9-13(19)17-7-6-16/h3-5,10,18H,7-9H2,1-2H3,(H,17,19). The molecule has 0 fully saturated rings. The Hall–Kier alpha value is -1.77. The summed E-state index contributed by atoms with van der Waals surface area (Å²) >= 11 is 6.10. The lowest BCUT2D eigenvalue weighted by Gasteiger charge is -2.14. The van der Waals surface area contributed by atoms with Gasteiger partial charge in [0, 0.05) is 18.2 Å². The van der Waals surface area contributed by atoms with E-state index in [1.54, 1.807) is 6.07 Å². The number of nitrogens with one attached hydrogen (secondary N) is 2. The van der Waals surface area contributed by atoms with E-state index in [2.05, 4.69) is 10.6 Å². The molecule has 0 saturated carbocycles. The first-order chi connectivity index (χ1) is 9.54. The Balaban J connectivity index is 2.68. The van der Waals surface area contributed by atoms with Gasteiger partial charge in [0.25, 0.3) is 5.91 Å². The molecule has 0 aliphatic heterocycles. The fourth-order valence-electron chi connectivity index (χ4n) is 1.50. The number of ether oxygens (including phenoxy) is 1. The number of carbonyl (C=O) groups excluding carboxylic acids is 1. The average Bonchev–Trinajstić information content (AvgIpc) is 2.41. The molecule has 0 spiro atoms. The molecule has 0 aliphatic carbocycles. The zero-order chi connectivity index (χ0) is 15.0. The third-order valence-corrected chi connectivity index (χ3v) is 2.76. The van der Waals surface area contributed by atoms with Crippen LogP contribution in [0.2, 0.25) is 5.02 Å². The van der Waals surface area contributed by atoms with Gasteiger partial charge in [0.15, 0.2) is 6.61 Å². The SMILES string of the molecule is CC(C)NCc1cccc(Cl)c1OCC(=O)NCC#N. The molecular formula is C14H18ClN3O2. The van der Waals surface area contributed by atoms with Crippen molar-refractivity contribution in [2.45, 2.75) is 26.4 Å². The van der Waals surface area contributed by atoms with Crippen molar-refractivity contribution in [3.8, 4) is 11.8 Å². The summed E-state index contributed by atoms with van der Waals surface area (Å²) in [6, 6.07) is 7.60. The summed E-state index contributed by atoms with van der Waals surface area (Å²) in [5.74, 6) is 0.142. The van der Waals surface area contributed by atoms with Gasteiger partial charge < -0.3 is 15.4 Å². The molecule has 1 aromatic carbocycles. The van der Waals surface area contributed by atoms with E-state index in [9.17, 15) is 4.79 Å². The molecule has 0 atom stereocenters. The van der Waals surface area contributed by atoms with Crippen molar-refractivity contribution in [3.63, 3.8) is 0 Å². The Morgan fingerprint density at radius 1 is 1.50 bits per heavy atom. The van der Waals surface area contributed by atoms with Crippen LogP contribution in [-0.4, -0.2) is 25.1 Å². The van der Waals surface area contributed by atoms with Crippen LogP contribution < -0.4 is 15.4 Å². The van der Waals surface area contributed by atoms with Crippen molar-refractivity contribution in [1.82, 2.24) is 10.6 Å². The van der Waals surface area contributed by atoms with Crippen molar-refractivity contribution in [3.05, 3.63) is 28.8 Å². The third-order valence-electron chi connectivity index (χ3n) is 2.46. The highest BCUT2D eigenvalue weighted by Crippen LogP contribution is 2.28. The van der Waals surface area contributed by atoms with E-state index in [1.807, 2.05) is 32.0 Å². The van der Waals surface area contributed by atoms with Crippen molar-refractivity contribution >= 4 is 17.5 Å². The number of nitriles is 1. The molecule has 6 heteroatoms. The minimum Gasteiger partial charge on any atom is -0.482 e. The highest BCUT2D eigenvalue weighted by Gasteiger charge is 2.11. The molecule has 0 bridgehead atoms. The first kappa shape index (κ1) is 16.3. The Bertz CT molecular complexity index is 498. The lowest BCUT2D eigenvalue weighted by molar-refractivity contribution is -0.122. The van der Waals surface area contributed by atoms with Gasteiger partial charge in [0.2, 0.25) is 0 Å². The lowest BCUT2D eigenvalue weighted by atomic mass is 10.2. The normalized spacial score (nSPS) is 10.2. The van der Waals surface area contributed by atoms with E-state index >= 15 is 0 Å². The number of nitrogens with zero attached hydrogens (tertiary/aromatic N) is 1. The van der Waals surface area contributed by atoms with E-state index < -0.39 is 0 Å². The molecule has 0 unspecified atom stereocenters.